The van der Waals surface area contributed by atoms with Crippen molar-refractivity contribution in [1.29, 1.82) is 0 Å². The molecule has 1 amide bonds. The lowest BCUT2D eigenvalue weighted by atomic mass is 9.62. The zero-order valence-corrected chi connectivity index (χ0v) is 14.5. The third-order valence-electron chi connectivity index (χ3n) is 5.65. The van der Waals surface area contributed by atoms with Crippen LogP contribution in [0.25, 0.3) is 0 Å². The molecule has 1 spiro atoms. The Hall–Kier alpha value is -2.50. The summed E-state index contributed by atoms with van der Waals surface area (Å²) in [5.74, 6) is 0.979. The number of pyridine rings is 1. The summed E-state index contributed by atoms with van der Waals surface area (Å²) in [6.45, 7) is 2.19. The van der Waals surface area contributed by atoms with E-state index in [1.54, 1.807) is 18.6 Å². The number of carbonyl (C=O) groups excluding carboxylic acids is 1. The molecule has 6 nitrogen and oxygen atoms in total. The van der Waals surface area contributed by atoms with Gasteiger partial charge in [0.15, 0.2) is 0 Å². The van der Waals surface area contributed by atoms with Crippen molar-refractivity contribution >= 4 is 11.9 Å². The van der Waals surface area contributed by atoms with Crippen molar-refractivity contribution in [2.45, 2.75) is 25.8 Å². The average molecular weight is 337 g/mol. The second-order valence-electron chi connectivity index (χ2n) is 7.25. The number of rotatable bonds is 4. The van der Waals surface area contributed by atoms with Gasteiger partial charge in [-0.25, -0.2) is 9.97 Å². The second kappa shape index (κ2) is 6.43. The summed E-state index contributed by atoms with van der Waals surface area (Å²) < 4.78 is 0. The summed E-state index contributed by atoms with van der Waals surface area (Å²) in [5, 5.41) is 0. The van der Waals surface area contributed by atoms with Gasteiger partial charge < -0.3 is 9.80 Å². The Kier molecular flexibility index (Phi) is 4.11. The fourth-order valence-electron chi connectivity index (χ4n) is 4.16. The zero-order chi connectivity index (χ0) is 17.3. The van der Waals surface area contributed by atoms with Crippen LogP contribution in [0, 0.1) is 11.3 Å². The van der Waals surface area contributed by atoms with Crippen LogP contribution in [0.3, 0.4) is 0 Å². The molecule has 2 aromatic heterocycles. The molecule has 0 N–H and O–H groups in total. The maximum Gasteiger partial charge on any atom is 0.228 e. The third-order valence-corrected chi connectivity index (χ3v) is 5.65. The molecule has 0 radical (unpaired) electrons. The molecule has 25 heavy (non-hydrogen) atoms. The lowest BCUT2D eigenvalue weighted by Gasteiger charge is -2.42. The van der Waals surface area contributed by atoms with Gasteiger partial charge in [-0.1, -0.05) is 12.5 Å². The van der Waals surface area contributed by atoms with E-state index in [1.165, 1.54) is 6.42 Å². The smallest absolute Gasteiger partial charge is 0.228 e. The van der Waals surface area contributed by atoms with Gasteiger partial charge in [0.1, 0.15) is 0 Å². The molecule has 130 valence electrons. The van der Waals surface area contributed by atoms with Crippen molar-refractivity contribution in [2.24, 2.45) is 11.3 Å². The van der Waals surface area contributed by atoms with Crippen molar-refractivity contribution in [2.75, 3.05) is 25.0 Å². The van der Waals surface area contributed by atoms with Crippen LogP contribution in [0.15, 0.2) is 43.0 Å². The van der Waals surface area contributed by atoms with Crippen molar-refractivity contribution in [3.63, 3.8) is 0 Å². The van der Waals surface area contributed by atoms with Gasteiger partial charge in [0, 0.05) is 56.9 Å². The lowest BCUT2D eigenvalue weighted by Crippen LogP contribution is -2.45. The molecule has 2 fully saturated rings. The predicted octanol–water partition coefficient (Wildman–Crippen LogP) is 2.14. The quantitative estimate of drug-likeness (QED) is 0.855. The molecule has 2 aliphatic rings. The number of amides is 1. The van der Waals surface area contributed by atoms with Crippen LogP contribution in [0.4, 0.5) is 5.95 Å². The van der Waals surface area contributed by atoms with E-state index in [4.69, 9.17) is 0 Å². The first kappa shape index (κ1) is 16.0. The molecule has 1 unspecified atom stereocenters. The Labute approximate surface area is 147 Å². The Morgan fingerprint density at radius 1 is 1.28 bits per heavy atom. The van der Waals surface area contributed by atoms with Gasteiger partial charge in [0.25, 0.3) is 0 Å². The average Bonchev–Trinajstić information content (AvgIpc) is 3.04. The van der Waals surface area contributed by atoms with Gasteiger partial charge in [-0.05, 0) is 30.5 Å². The van der Waals surface area contributed by atoms with E-state index in [0.29, 0.717) is 13.1 Å². The minimum atomic E-state index is 0.0201. The van der Waals surface area contributed by atoms with Crippen molar-refractivity contribution < 1.29 is 4.79 Å². The van der Waals surface area contributed by atoms with E-state index in [-0.39, 0.29) is 17.2 Å². The molecule has 6 heteroatoms. The molecule has 1 aliphatic carbocycles. The molecule has 3 heterocycles. The maximum absolute atomic E-state index is 13.2. The van der Waals surface area contributed by atoms with Crippen LogP contribution in [-0.2, 0) is 11.3 Å². The van der Waals surface area contributed by atoms with Gasteiger partial charge in [-0.15, -0.1) is 0 Å². The van der Waals surface area contributed by atoms with Crippen LogP contribution < -0.4 is 4.90 Å². The van der Waals surface area contributed by atoms with E-state index in [1.807, 2.05) is 36.3 Å². The van der Waals surface area contributed by atoms with E-state index in [2.05, 4.69) is 19.9 Å². The number of nitrogens with zero attached hydrogens (tertiary/aromatic N) is 5. The monoisotopic (exact) mass is 337 g/mol. The van der Waals surface area contributed by atoms with Crippen molar-refractivity contribution in [3.8, 4) is 0 Å². The molecular formula is C19H23N5O. The highest BCUT2D eigenvalue weighted by molar-refractivity contribution is 5.81. The van der Waals surface area contributed by atoms with Gasteiger partial charge in [-0.2, -0.15) is 0 Å². The standard InChI is InChI=1S/C19H23N5O/c1-23(12-15-5-2-8-20-11-15)17(25)16-13-24(14-19(16)6-3-7-19)18-21-9-4-10-22-18/h2,4-5,8-11,16H,3,6-7,12-14H2,1H3. The minimum Gasteiger partial charge on any atom is -0.341 e. The summed E-state index contributed by atoms with van der Waals surface area (Å²) >= 11 is 0. The van der Waals surface area contributed by atoms with E-state index in [9.17, 15) is 4.79 Å². The van der Waals surface area contributed by atoms with Crippen LogP contribution in [0.5, 0.6) is 0 Å². The van der Waals surface area contributed by atoms with Gasteiger partial charge >= 0.3 is 0 Å². The highest BCUT2D eigenvalue weighted by Gasteiger charge is 2.54. The molecule has 2 aromatic rings. The Morgan fingerprint density at radius 3 is 2.72 bits per heavy atom. The summed E-state index contributed by atoms with van der Waals surface area (Å²) in [7, 11) is 1.89. The van der Waals surface area contributed by atoms with Crippen LogP contribution in [0.1, 0.15) is 24.8 Å². The Bertz CT molecular complexity index is 732. The second-order valence-corrected chi connectivity index (χ2v) is 7.25. The third kappa shape index (κ3) is 2.97. The highest BCUT2D eigenvalue weighted by Crippen LogP contribution is 2.52. The first-order valence-corrected chi connectivity index (χ1v) is 8.84. The van der Waals surface area contributed by atoms with E-state index >= 15 is 0 Å². The predicted molar refractivity (Wildman–Crippen MR) is 94.7 cm³/mol. The molecule has 1 aliphatic heterocycles. The first-order chi connectivity index (χ1) is 12.2. The minimum absolute atomic E-state index is 0.0201. The van der Waals surface area contributed by atoms with Gasteiger partial charge in [0.2, 0.25) is 11.9 Å². The van der Waals surface area contributed by atoms with Crippen LogP contribution in [-0.4, -0.2) is 45.9 Å². The number of aromatic nitrogens is 3. The molecule has 1 atom stereocenters. The van der Waals surface area contributed by atoms with Crippen molar-refractivity contribution in [3.05, 3.63) is 48.5 Å². The summed E-state index contributed by atoms with van der Waals surface area (Å²) in [5.41, 5.74) is 1.15. The molecule has 0 bridgehead atoms. The maximum atomic E-state index is 13.2. The fraction of sp³-hybridized carbons (Fsp3) is 0.474. The number of anilines is 1. The van der Waals surface area contributed by atoms with E-state index in [0.717, 1.165) is 30.9 Å². The molecular weight excluding hydrogens is 314 g/mol. The number of hydrogen-bond donors (Lipinski definition) is 0. The fourth-order valence-corrected chi connectivity index (χ4v) is 4.16. The Balaban J connectivity index is 1.51. The van der Waals surface area contributed by atoms with Crippen LogP contribution in [0.2, 0.25) is 0 Å². The summed E-state index contributed by atoms with van der Waals surface area (Å²) in [6.07, 6.45) is 10.5. The topological polar surface area (TPSA) is 62.2 Å². The summed E-state index contributed by atoms with van der Waals surface area (Å²) in [4.78, 5) is 30.1. The van der Waals surface area contributed by atoms with Crippen molar-refractivity contribution in [1.82, 2.24) is 19.9 Å². The molecule has 1 saturated heterocycles. The van der Waals surface area contributed by atoms with E-state index < -0.39 is 0 Å². The molecule has 0 aromatic carbocycles. The van der Waals surface area contributed by atoms with Crippen LogP contribution >= 0.6 is 0 Å². The lowest BCUT2D eigenvalue weighted by molar-refractivity contribution is -0.139. The number of carbonyl (C=O) groups is 1. The van der Waals surface area contributed by atoms with Gasteiger partial charge in [-0.3, -0.25) is 9.78 Å². The Morgan fingerprint density at radius 2 is 2.08 bits per heavy atom. The number of hydrogen-bond acceptors (Lipinski definition) is 5. The highest BCUT2D eigenvalue weighted by atomic mass is 16.2. The zero-order valence-electron chi connectivity index (χ0n) is 14.5. The largest absolute Gasteiger partial charge is 0.341 e. The van der Waals surface area contributed by atoms with Gasteiger partial charge in [0.05, 0.1) is 5.92 Å². The SMILES string of the molecule is CN(Cc1cccnc1)C(=O)C1CN(c2ncccn2)CC12CCC2. The molecule has 4 rings (SSSR count). The normalized spacial score (nSPS) is 21.2. The first-order valence-electron chi connectivity index (χ1n) is 8.84. The molecule has 1 saturated carbocycles. The summed E-state index contributed by atoms with van der Waals surface area (Å²) in [6, 6.07) is 5.74.